The van der Waals surface area contributed by atoms with Crippen molar-refractivity contribution >= 4 is 27.6 Å². The van der Waals surface area contributed by atoms with Gasteiger partial charge in [0, 0.05) is 43.8 Å². The fourth-order valence-corrected chi connectivity index (χ4v) is 5.14. The molecule has 35 heavy (non-hydrogen) atoms. The Kier molecular flexibility index (Phi) is 8.52. The van der Waals surface area contributed by atoms with E-state index >= 15 is 0 Å². The van der Waals surface area contributed by atoms with Crippen LogP contribution in [0.2, 0.25) is 0 Å². The number of likely N-dealkylation sites (N-methyl/N-ethyl adjacent to an activating group) is 1. The Morgan fingerprint density at radius 2 is 1.54 bits per heavy atom. The highest BCUT2D eigenvalue weighted by atomic mass is 32.2. The van der Waals surface area contributed by atoms with Crippen molar-refractivity contribution in [3.63, 3.8) is 0 Å². The maximum atomic E-state index is 13.2. The molecule has 0 aromatic heterocycles. The summed E-state index contributed by atoms with van der Waals surface area (Å²) in [6.07, 6.45) is 0.328. The van der Waals surface area contributed by atoms with Gasteiger partial charge in [-0.05, 0) is 57.6 Å². The molecule has 1 heterocycles. The van der Waals surface area contributed by atoms with Crippen LogP contribution in [0.5, 0.6) is 0 Å². The maximum Gasteiger partial charge on any atom is 0.318 e. The molecule has 2 aromatic rings. The van der Waals surface area contributed by atoms with Gasteiger partial charge in [-0.1, -0.05) is 30.3 Å². The number of benzene rings is 2. The summed E-state index contributed by atoms with van der Waals surface area (Å²) in [5, 5.41) is 5.69. The summed E-state index contributed by atoms with van der Waals surface area (Å²) in [4.78, 5) is 30.0. The number of anilines is 1. The van der Waals surface area contributed by atoms with Crippen molar-refractivity contribution in [1.29, 1.82) is 0 Å². The summed E-state index contributed by atoms with van der Waals surface area (Å²) in [7, 11) is -1.67. The quantitative estimate of drug-likeness (QED) is 0.539. The Balaban J connectivity index is 1.71. The van der Waals surface area contributed by atoms with Gasteiger partial charge < -0.3 is 20.4 Å². The van der Waals surface area contributed by atoms with E-state index in [2.05, 4.69) is 20.3 Å². The summed E-state index contributed by atoms with van der Waals surface area (Å²) in [6, 6.07) is 14.4. The van der Waals surface area contributed by atoms with E-state index in [1.165, 1.54) is 24.3 Å². The highest BCUT2D eigenvalue weighted by Gasteiger charge is 2.26. The fraction of sp³-hybridized carbons (Fsp3) is 0.440. The molecule has 0 unspecified atom stereocenters. The van der Waals surface area contributed by atoms with E-state index in [1.54, 1.807) is 25.7 Å². The van der Waals surface area contributed by atoms with Gasteiger partial charge in [-0.2, -0.15) is 0 Å². The lowest BCUT2D eigenvalue weighted by atomic mass is 10.1. The smallest absolute Gasteiger partial charge is 0.318 e. The number of hydrogen-bond donors (Lipinski definition) is 3. The van der Waals surface area contributed by atoms with Crippen LogP contribution in [-0.4, -0.2) is 75.0 Å². The van der Waals surface area contributed by atoms with E-state index in [1.807, 2.05) is 37.4 Å². The molecule has 0 bridgehead atoms. The average molecular weight is 502 g/mol. The second-order valence-corrected chi connectivity index (χ2v) is 11.5. The number of nitrogens with zero attached hydrogens (tertiary/aromatic N) is 2. The van der Waals surface area contributed by atoms with Crippen LogP contribution in [0, 0.1) is 0 Å². The molecule has 190 valence electrons. The van der Waals surface area contributed by atoms with Gasteiger partial charge in [0.15, 0.2) is 0 Å². The first-order valence-corrected chi connectivity index (χ1v) is 13.1. The first kappa shape index (κ1) is 26.7. The first-order valence-electron chi connectivity index (χ1n) is 11.7. The Morgan fingerprint density at radius 3 is 2.11 bits per heavy atom. The molecule has 1 aliphatic rings. The van der Waals surface area contributed by atoms with Gasteiger partial charge in [-0.15, -0.1) is 0 Å². The van der Waals surface area contributed by atoms with Crippen LogP contribution < -0.4 is 15.4 Å². The lowest BCUT2D eigenvalue weighted by molar-refractivity contribution is -0.118. The predicted octanol–water partition coefficient (Wildman–Crippen LogP) is 2.27. The topological polar surface area (TPSA) is 111 Å². The minimum Gasteiger partial charge on any atom is -0.326 e. The summed E-state index contributed by atoms with van der Waals surface area (Å²) < 4.78 is 27.7. The van der Waals surface area contributed by atoms with Crippen molar-refractivity contribution < 1.29 is 18.0 Å². The Bertz CT molecular complexity index is 1110. The number of hydrogen-bond acceptors (Lipinski definition) is 5. The van der Waals surface area contributed by atoms with Crippen LogP contribution in [0.3, 0.4) is 0 Å². The van der Waals surface area contributed by atoms with E-state index in [9.17, 15) is 18.0 Å². The molecule has 1 saturated heterocycles. The highest BCUT2D eigenvalue weighted by Crippen LogP contribution is 2.17. The molecular weight excluding hydrogens is 466 g/mol. The summed E-state index contributed by atoms with van der Waals surface area (Å²) in [5.74, 6) is -0.375. The molecule has 0 spiro atoms. The van der Waals surface area contributed by atoms with E-state index in [-0.39, 0.29) is 16.8 Å². The van der Waals surface area contributed by atoms with Crippen LogP contribution >= 0.6 is 0 Å². The molecule has 1 aliphatic heterocycles. The summed E-state index contributed by atoms with van der Waals surface area (Å²) >= 11 is 0. The van der Waals surface area contributed by atoms with Crippen molar-refractivity contribution in [3.05, 3.63) is 60.2 Å². The third-order valence-electron chi connectivity index (χ3n) is 5.56. The fourth-order valence-electron chi connectivity index (χ4n) is 3.72. The van der Waals surface area contributed by atoms with Gasteiger partial charge >= 0.3 is 6.03 Å². The van der Waals surface area contributed by atoms with E-state index in [0.29, 0.717) is 25.2 Å². The van der Waals surface area contributed by atoms with E-state index < -0.39 is 21.6 Å². The predicted molar refractivity (Wildman–Crippen MR) is 137 cm³/mol. The average Bonchev–Trinajstić information content (AvgIpc) is 2.78. The molecule has 2 aromatic carbocycles. The summed E-state index contributed by atoms with van der Waals surface area (Å²) in [6.45, 7) is 8.05. The first-order chi connectivity index (χ1) is 16.4. The molecule has 0 saturated carbocycles. The van der Waals surface area contributed by atoms with Crippen LogP contribution in [0.4, 0.5) is 10.5 Å². The van der Waals surface area contributed by atoms with Gasteiger partial charge in [-0.25, -0.2) is 17.9 Å². The lowest BCUT2D eigenvalue weighted by Crippen LogP contribution is -2.55. The zero-order chi connectivity index (χ0) is 25.6. The normalized spacial score (nSPS) is 15.9. The van der Waals surface area contributed by atoms with Gasteiger partial charge in [0.25, 0.3) is 0 Å². The molecule has 10 heteroatoms. The Morgan fingerprint density at radius 1 is 0.943 bits per heavy atom. The molecule has 1 atom stereocenters. The monoisotopic (exact) mass is 501 g/mol. The van der Waals surface area contributed by atoms with Gasteiger partial charge in [0.05, 0.1) is 4.90 Å². The molecule has 0 aliphatic carbocycles. The second-order valence-electron chi connectivity index (χ2n) is 9.85. The van der Waals surface area contributed by atoms with Gasteiger partial charge in [0.1, 0.15) is 6.04 Å². The summed E-state index contributed by atoms with van der Waals surface area (Å²) in [5.41, 5.74) is 0.746. The second kappa shape index (κ2) is 11.2. The van der Waals surface area contributed by atoms with Gasteiger partial charge in [0.2, 0.25) is 15.9 Å². The zero-order valence-electron chi connectivity index (χ0n) is 20.7. The zero-order valence-corrected chi connectivity index (χ0v) is 21.6. The Labute approximate surface area is 207 Å². The van der Waals surface area contributed by atoms with E-state index in [4.69, 9.17) is 0 Å². The number of amides is 3. The molecular formula is C25H35N5O4S. The molecule has 0 radical (unpaired) electrons. The minimum absolute atomic E-state index is 0.106. The number of rotatable bonds is 7. The lowest BCUT2D eigenvalue weighted by Gasteiger charge is -2.33. The molecule has 3 amide bonds. The molecule has 3 rings (SSSR count). The number of carbonyl (C=O) groups is 2. The molecule has 1 fully saturated rings. The number of carbonyl (C=O) groups excluding carboxylic acids is 2. The minimum atomic E-state index is -3.68. The van der Waals surface area contributed by atoms with Gasteiger partial charge in [-0.3, -0.25) is 4.79 Å². The van der Waals surface area contributed by atoms with Crippen LogP contribution in [-0.2, 0) is 21.2 Å². The largest absolute Gasteiger partial charge is 0.326 e. The molecule has 9 nitrogen and oxygen atoms in total. The van der Waals surface area contributed by atoms with Crippen LogP contribution in [0.15, 0.2) is 59.5 Å². The van der Waals surface area contributed by atoms with Crippen LogP contribution in [0.1, 0.15) is 26.3 Å². The number of nitrogens with one attached hydrogen (secondary N) is 3. The Hall–Kier alpha value is -2.95. The van der Waals surface area contributed by atoms with Crippen molar-refractivity contribution in [2.45, 2.75) is 43.7 Å². The third kappa shape index (κ3) is 8.05. The van der Waals surface area contributed by atoms with Crippen molar-refractivity contribution in [2.75, 3.05) is 38.5 Å². The highest BCUT2D eigenvalue weighted by molar-refractivity contribution is 7.89. The van der Waals surface area contributed by atoms with Crippen LogP contribution in [0.25, 0.3) is 0 Å². The number of urea groups is 1. The SMILES string of the molecule is CN1CCN(C(=O)N[C@@H](Cc2ccccc2)C(=O)Nc2ccc(S(=O)(=O)NC(C)(C)C)cc2)CC1. The van der Waals surface area contributed by atoms with Crippen molar-refractivity contribution in [3.8, 4) is 0 Å². The van der Waals surface area contributed by atoms with E-state index in [0.717, 1.165) is 18.7 Å². The standard InChI is InChI=1S/C25H35N5O4S/c1-25(2,3)28-35(33,34)21-12-10-20(11-13-21)26-23(31)22(18-19-8-6-5-7-9-19)27-24(32)30-16-14-29(4)15-17-30/h5-13,22,28H,14-18H2,1-4H3,(H,26,31)(H,27,32)/t22-/m0/s1. The number of sulfonamides is 1. The molecule has 3 N–H and O–H groups in total. The third-order valence-corrected chi connectivity index (χ3v) is 7.33. The maximum absolute atomic E-state index is 13.2. The van der Waals surface area contributed by atoms with Crippen molar-refractivity contribution in [1.82, 2.24) is 19.8 Å². The van der Waals surface area contributed by atoms with Crippen molar-refractivity contribution in [2.24, 2.45) is 0 Å². The number of piperazine rings is 1.